The van der Waals surface area contributed by atoms with Crippen LogP contribution in [0.3, 0.4) is 0 Å². The summed E-state index contributed by atoms with van der Waals surface area (Å²) in [4.78, 5) is 91.3. The topological polar surface area (TPSA) is 184 Å². The number of carbonyl (C=O) groups excluding carboxylic acids is 5. The van der Waals surface area contributed by atoms with Crippen LogP contribution >= 0.6 is 11.6 Å². The minimum atomic E-state index is -0.644. The van der Waals surface area contributed by atoms with Crippen molar-refractivity contribution in [3.63, 3.8) is 0 Å². The molecule has 1 unspecified atom stereocenters. The summed E-state index contributed by atoms with van der Waals surface area (Å²) >= 11 is 6.32. The third-order valence-electron chi connectivity index (χ3n) is 18.4. The van der Waals surface area contributed by atoms with Crippen LogP contribution in [0, 0.1) is 11.8 Å². The van der Waals surface area contributed by atoms with E-state index in [1.54, 1.807) is 11.2 Å². The summed E-state index contributed by atoms with van der Waals surface area (Å²) in [5.74, 6) is 1.19. The van der Waals surface area contributed by atoms with E-state index in [0.717, 1.165) is 131 Å². The van der Waals surface area contributed by atoms with Gasteiger partial charge >= 0.3 is 6.09 Å². The van der Waals surface area contributed by atoms with Crippen LogP contribution in [0.25, 0.3) is 0 Å². The van der Waals surface area contributed by atoms with Gasteiger partial charge < -0.3 is 45.0 Å². The smallest absolute Gasteiger partial charge is 0.411 e. The van der Waals surface area contributed by atoms with Gasteiger partial charge in [0.15, 0.2) is 0 Å². The van der Waals surface area contributed by atoms with Gasteiger partial charge in [0.2, 0.25) is 17.7 Å². The lowest BCUT2D eigenvalue weighted by molar-refractivity contribution is -0.136. The first-order valence-electron chi connectivity index (χ1n) is 30.3. The van der Waals surface area contributed by atoms with Crippen molar-refractivity contribution < 1.29 is 33.8 Å². The first-order chi connectivity index (χ1) is 38.5. The maximum Gasteiger partial charge on any atom is 0.411 e. The molecule has 2 aromatic carbocycles. The number of aromatic nitrogens is 2. The van der Waals surface area contributed by atoms with Gasteiger partial charge in [0.1, 0.15) is 30.3 Å². The summed E-state index contributed by atoms with van der Waals surface area (Å²) in [6.07, 6.45) is 13.6. The van der Waals surface area contributed by atoms with Crippen LogP contribution in [0.4, 0.5) is 10.6 Å². The number of benzene rings is 2. The van der Waals surface area contributed by atoms with E-state index in [9.17, 15) is 29.1 Å². The molecule has 6 fully saturated rings. The van der Waals surface area contributed by atoms with Gasteiger partial charge in [-0.15, -0.1) is 0 Å². The molecule has 5 amide bonds. The first-order valence-corrected chi connectivity index (χ1v) is 30.7. The molecule has 2 saturated carbocycles. The summed E-state index contributed by atoms with van der Waals surface area (Å²) in [6.45, 7) is 16.2. The maximum absolute atomic E-state index is 14.6. The van der Waals surface area contributed by atoms with Crippen LogP contribution in [-0.2, 0) is 19.1 Å². The zero-order valence-corrected chi connectivity index (χ0v) is 48.6. The molecule has 80 heavy (non-hydrogen) atoms. The summed E-state index contributed by atoms with van der Waals surface area (Å²) < 4.78 is 5.65. The Morgan fingerprint density at radius 1 is 0.787 bits per heavy atom. The lowest BCUT2D eigenvalue weighted by Crippen LogP contribution is -2.54. The Morgan fingerprint density at radius 2 is 1.50 bits per heavy atom. The van der Waals surface area contributed by atoms with E-state index in [0.29, 0.717) is 87.9 Å². The predicted octanol–water partition coefficient (Wildman–Crippen LogP) is 7.88. The summed E-state index contributed by atoms with van der Waals surface area (Å²) in [5, 5.41) is 18.3. The molecular formula is C62H87ClN10O7. The number of nitrogens with zero attached hydrogens (tertiary/aromatic N) is 8. The zero-order chi connectivity index (χ0) is 56.1. The standard InChI is InChI=1S/C62H87ClN10O7/c1-41-34-52(74)56-54(41)57(66-40-65-56)69-30-32-71(33-31-69)59(77)51(43-15-17-48(63)18-16-43)36-64-49-23-26-68(27-24-49)37-42-21-28-70(29-22-42)60(78)55(44-10-6-5-7-11-44)67-58(76)46-13-8-12-45(35-46)47-14-9-25-72(38-47)53(75)39-73(50-19-20-50)61(79)80-62(2,3)4/h8,12-13,15-18,35,40-42,44,47,49-52,55,64,74H,5-7,9-11,14,19-34,36-39H2,1-4H3,(H,67,76)/t41-,47?,51-,52-,55-/m1/s1. The van der Waals surface area contributed by atoms with Crippen LogP contribution in [0.1, 0.15) is 174 Å². The van der Waals surface area contributed by atoms with Crippen molar-refractivity contribution in [2.24, 2.45) is 11.8 Å². The SMILES string of the molecule is C[C@@H]1C[C@@H](O)c2ncnc(N3CCN(C(=O)[C@H](CNC4CCN(CC5CCN(C(=O)[C@H](NC(=O)c6cccc(C7CCCN(C(=O)CN(C(=O)OC(C)(C)C)C8CC8)C7)c6)C6CCCCC6)CC5)CC4)c4ccc(Cl)cc4)CC3)c21. The quantitative estimate of drug-likeness (QED) is 0.126. The number of nitrogens with one attached hydrogen (secondary N) is 2. The van der Waals surface area contributed by atoms with E-state index in [4.69, 9.17) is 16.3 Å². The summed E-state index contributed by atoms with van der Waals surface area (Å²) in [7, 11) is 0. The van der Waals surface area contributed by atoms with Crippen LogP contribution < -0.4 is 15.5 Å². The second-order valence-electron chi connectivity index (χ2n) is 25.3. The molecule has 434 valence electrons. The molecule has 1 aromatic heterocycles. The number of hydrogen-bond donors (Lipinski definition) is 3. The fourth-order valence-corrected chi connectivity index (χ4v) is 13.8. The number of piperazine rings is 1. The molecule has 3 N–H and O–H groups in total. The zero-order valence-electron chi connectivity index (χ0n) is 47.8. The molecule has 10 rings (SSSR count). The van der Waals surface area contributed by atoms with Gasteiger partial charge in [0.05, 0.1) is 17.7 Å². The number of carbonyl (C=O) groups is 5. The number of hydrogen-bond acceptors (Lipinski definition) is 12. The highest BCUT2D eigenvalue weighted by Gasteiger charge is 2.40. The molecule has 7 aliphatic rings. The summed E-state index contributed by atoms with van der Waals surface area (Å²) in [5.41, 5.74) is 3.61. The third kappa shape index (κ3) is 14.3. The Bertz CT molecular complexity index is 2640. The van der Waals surface area contributed by atoms with Crippen molar-refractivity contribution in [3.8, 4) is 0 Å². The van der Waals surface area contributed by atoms with E-state index < -0.39 is 23.8 Å². The third-order valence-corrected chi connectivity index (χ3v) is 18.6. The van der Waals surface area contributed by atoms with E-state index in [-0.39, 0.29) is 59.9 Å². The molecule has 3 aliphatic carbocycles. The first kappa shape index (κ1) is 57.9. The van der Waals surface area contributed by atoms with Gasteiger partial charge in [0.25, 0.3) is 5.91 Å². The Kier molecular flexibility index (Phi) is 18.7. The van der Waals surface area contributed by atoms with Crippen LogP contribution in [0.5, 0.6) is 0 Å². The molecule has 17 nitrogen and oxygen atoms in total. The fraction of sp³-hybridized carbons (Fsp3) is 0.661. The van der Waals surface area contributed by atoms with Gasteiger partial charge in [-0.2, -0.15) is 0 Å². The van der Waals surface area contributed by atoms with Gasteiger partial charge in [-0.05, 0) is 158 Å². The largest absolute Gasteiger partial charge is 0.444 e. The molecule has 0 bridgehead atoms. The van der Waals surface area contributed by atoms with Gasteiger partial charge in [-0.3, -0.25) is 24.1 Å². The number of fused-ring (bicyclic) bond motifs is 1. The van der Waals surface area contributed by atoms with E-state index in [1.807, 2.05) is 84.0 Å². The van der Waals surface area contributed by atoms with Crippen LogP contribution in [0.2, 0.25) is 5.02 Å². The average molecular weight is 1120 g/mol. The Morgan fingerprint density at radius 3 is 2.20 bits per heavy atom. The minimum absolute atomic E-state index is 0.00366. The van der Waals surface area contributed by atoms with Crippen molar-refractivity contribution in [1.82, 2.24) is 45.1 Å². The minimum Gasteiger partial charge on any atom is -0.444 e. The van der Waals surface area contributed by atoms with Crippen LogP contribution in [-0.4, -0.2) is 178 Å². The Hall–Kier alpha value is -5.36. The molecule has 18 heteroatoms. The Balaban J connectivity index is 0.686. The number of halogens is 1. The fourth-order valence-electron chi connectivity index (χ4n) is 13.6. The normalized spacial score (nSPS) is 23.6. The number of likely N-dealkylation sites (tertiary alicyclic amines) is 3. The molecule has 3 aromatic rings. The highest BCUT2D eigenvalue weighted by Crippen LogP contribution is 2.43. The molecule has 0 spiro atoms. The van der Waals surface area contributed by atoms with Gasteiger partial charge in [-0.25, -0.2) is 14.8 Å². The maximum atomic E-state index is 14.6. The number of ether oxygens (including phenoxy) is 1. The molecule has 5 heterocycles. The van der Waals surface area contributed by atoms with Crippen LogP contribution in [0.15, 0.2) is 54.9 Å². The van der Waals surface area contributed by atoms with Gasteiger partial charge in [0, 0.05) is 99.6 Å². The molecule has 4 saturated heterocycles. The molecular weight excluding hydrogens is 1030 g/mol. The second kappa shape index (κ2) is 25.8. The van der Waals surface area contributed by atoms with E-state index in [1.165, 1.54) is 0 Å². The van der Waals surface area contributed by atoms with Crippen molar-refractivity contribution in [2.75, 3.05) is 90.0 Å². The number of rotatable bonds is 16. The molecule has 5 atom stereocenters. The predicted molar refractivity (Wildman–Crippen MR) is 309 cm³/mol. The average Bonchev–Trinajstić information content (AvgIpc) is 4.29. The molecule has 0 radical (unpaired) electrons. The summed E-state index contributed by atoms with van der Waals surface area (Å²) in [6, 6.07) is 15.2. The monoisotopic (exact) mass is 1120 g/mol. The number of piperidine rings is 3. The highest BCUT2D eigenvalue weighted by atomic mass is 35.5. The van der Waals surface area contributed by atoms with E-state index in [2.05, 4.69) is 37.3 Å². The van der Waals surface area contributed by atoms with Gasteiger partial charge in [-0.1, -0.05) is 62.1 Å². The highest BCUT2D eigenvalue weighted by molar-refractivity contribution is 6.30. The van der Waals surface area contributed by atoms with Crippen molar-refractivity contribution in [1.29, 1.82) is 0 Å². The second-order valence-corrected chi connectivity index (χ2v) is 25.7. The number of aliphatic hydroxyl groups excluding tert-OH is 1. The van der Waals surface area contributed by atoms with E-state index >= 15 is 0 Å². The lowest BCUT2D eigenvalue weighted by Gasteiger charge is -2.40. The number of aliphatic hydroxyl groups is 1. The number of amides is 5. The van der Waals surface area contributed by atoms with Crippen molar-refractivity contribution >= 4 is 47.1 Å². The Labute approximate surface area is 478 Å². The lowest BCUT2D eigenvalue weighted by atomic mass is 9.82. The molecule has 4 aliphatic heterocycles. The number of anilines is 1. The van der Waals surface area contributed by atoms with Crippen molar-refractivity contribution in [2.45, 2.75) is 165 Å². The van der Waals surface area contributed by atoms with Crippen molar-refractivity contribution in [3.05, 3.63) is 87.8 Å².